The van der Waals surface area contributed by atoms with Crippen LogP contribution in [0.25, 0.3) is 0 Å². The molecule has 2 aliphatic heterocycles. The van der Waals surface area contributed by atoms with E-state index in [4.69, 9.17) is 4.42 Å². The molecule has 24 heavy (non-hydrogen) atoms. The van der Waals surface area contributed by atoms with Gasteiger partial charge in [-0.25, -0.2) is 0 Å². The van der Waals surface area contributed by atoms with Crippen molar-refractivity contribution in [3.8, 4) is 0 Å². The highest BCUT2D eigenvalue weighted by molar-refractivity contribution is 5.92. The third-order valence-corrected chi connectivity index (χ3v) is 5.47. The van der Waals surface area contributed by atoms with Crippen LogP contribution in [0.3, 0.4) is 0 Å². The number of carbonyl (C=O) groups is 1. The molecule has 0 unspecified atom stereocenters. The van der Waals surface area contributed by atoms with E-state index in [1.807, 2.05) is 18.3 Å². The van der Waals surface area contributed by atoms with Gasteiger partial charge in [-0.15, -0.1) is 0 Å². The predicted octanol–water partition coefficient (Wildman–Crippen LogP) is 2.95. The van der Waals surface area contributed by atoms with Crippen molar-refractivity contribution in [2.75, 3.05) is 19.6 Å². The number of furan rings is 1. The minimum absolute atomic E-state index is 0.0183. The molecule has 2 fully saturated rings. The first kappa shape index (κ1) is 15.4. The Hall–Kier alpha value is -2.14. The van der Waals surface area contributed by atoms with E-state index < -0.39 is 0 Å². The SMILES string of the molecule is O=C(c1ccco1)N1CCCC12CCN(Cc1ccccn1)CC2. The molecule has 1 amide bonds. The Morgan fingerprint density at radius 1 is 1.12 bits per heavy atom. The zero-order valence-corrected chi connectivity index (χ0v) is 13.9. The first-order valence-electron chi connectivity index (χ1n) is 8.75. The Morgan fingerprint density at radius 3 is 2.71 bits per heavy atom. The number of rotatable bonds is 3. The van der Waals surface area contributed by atoms with Gasteiger partial charge in [0.15, 0.2) is 5.76 Å². The Morgan fingerprint density at radius 2 is 2.00 bits per heavy atom. The van der Waals surface area contributed by atoms with Crippen molar-refractivity contribution < 1.29 is 9.21 Å². The van der Waals surface area contributed by atoms with Crippen LogP contribution in [-0.4, -0.2) is 45.9 Å². The standard InChI is InChI=1S/C19H23N3O2/c23-18(17-6-3-14-24-17)22-11-4-7-19(22)8-12-21(13-9-19)15-16-5-1-2-10-20-16/h1-3,5-6,10,14H,4,7-9,11-13,15H2. The summed E-state index contributed by atoms with van der Waals surface area (Å²) in [6, 6.07) is 9.61. The van der Waals surface area contributed by atoms with Crippen molar-refractivity contribution in [3.05, 3.63) is 54.2 Å². The first-order valence-corrected chi connectivity index (χ1v) is 8.75. The molecule has 0 radical (unpaired) electrons. The summed E-state index contributed by atoms with van der Waals surface area (Å²) in [5.41, 5.74) is 1.13. The summed E-state index contributed by atoms with van der Waals surface area (Å²) in [6.45, 7) is 3.76. The van der Waals surface area contributed by atoms with E-state index in [2.05, 4.69) is 20.9 Å². The van der Waals surface area contributed by atoms with Gasteiger partial charge in [0.1, 0.15) is 0 Å². The van der Waals surface area contributed by atoms with Crippen molar-refractivity contribution in [1.29, 1.82) is 0 Å². The van der Waals surface area contributed by atoms with Crippen LogP contribution in [0.5, 0.6) is 0 Å². The minimum Gasteiger partial charge on any atom is -0.459 e. The smallest absolute Gasteiger partial charge is 0.290 e. The van der Waals surface area contributed by atoms with Crippen molar-refractivity contribution in [3.63, 3.8) is 0 Å². The van der Waals surface area contributed by atoms with Crippen LogP contribution < -0.4 is 0 Å². The molecule has 0 atom stereocenters. The number of pyridine rings is 1. The van der Waals surface area contributed by atoms with E-state index in [-0.39, 0.29) is 11.4 Å². The topological polar surface area (TPSA) is 49.6 Å². The van der Waals surface area contributed by atoms with Gasteiger partial charge < -0.3 is 9.32 Å². The Kier molecular flexibility index (Phi) is 4.10. The molecule has 0 bridgehead atoms. The molecule has 2 saturated heterocycles. The lowest BCUT2D eigenvalue weighted by Crippen LogP contribution is -2.53. The lowest BCUT2D eigenvalue weighted by atomic mass is 9.84. The summed E-state index contributed by atoms with van der Waals surface area (Å²) >= 11 is 0. The lowest BCUT2D eigenvalue weighted by Gasteiger charge is -2.44. The molecular formula is C19H23N3O2. The summed E-state index contributed by atoms with van der Waals surface area (Å²) in [5.74, 6) is 0.517. The monoisotopic (exact) mass is 325 g/mol. The summed E-state index contributed by atoms with van der Waals surface area (Å²) in [5, 5.41) is 0. The number of nitrogens with zero attached hydrogens (tertiary/aromatic N) is 3. The van der Waals surface area contributed by atoms with Crippen LogP contribution in [0.2, 0.25) is 0 Å². The maximum atomic E-state index is 12.8. The van der Waals surface area contributed by atoms with Crippen molar-refractivity contribution in [1.82, 2.24) is 14.8 Å². The van der Waals surface area contributed by atoms with Gasteiger partial charge in [0.05, 0.1) is 12.0 Å². The van der Waals surface area contributed by atoms with Gasteiger partial charge in [0, 0.05) is 37.9 Å². The number of hydrogen-bond acceptors (Lipinski definition) is 4. The van der Waals surface area contributed by atoms with E-state index in [0.29, 0.717) is 5.76 Å². The molecule has 0 saturated carbocycles. The molecule has 0 aliphatic carbocycles. The molecule has 5 heteroatoms. The van der Waals surface area contributed by atoms with Crippen molar-refractivity contribution in [2.24, 2.45) is 0 Å². The normalized spacial score (nSPS) is 20.6. The second-order valence-corrected chi connectivity index (χ2v) is 6.86. The maximum Gasteiger partial charge on any atom is 0.290 e. The average Bonchev–Trinajstić information content (AvgIpc) is 3.28. The molecule has 126 valence electrons. The molecule has 4 rings (SSSR count). The van der Waals surface area contributed by atoms with E-state index in [9.17, 15) is 4.79 Å². The molecule has 2 aliphatic rings. The number of hydrogen-bond donors (Lipinski definition) is 0. The zero-order chi connectivity index (χ0) is 16.4. The van der Waals surface area contributed by atoms with Crippen LogP contribution in [0.1, 0.15) is 41.9 Å². The highest BCUT2D eigenvalue weighted by atomic mass is 16.3. The molecule has 1 spiro atoms. The fraction of sp³-hybridized carbons (Fsp3) is 0.474. The first-order chi connectivity index (χ1) is 11.8. The van der Waals surface area contributed by atoms with Crippen LogP contribution in [0.4, 0.5) is 0 Å². The van der Waals surface area contributed by atoms with Crippen LogP contribution in [0, 0.1) is 0 Å². The second-order valence-electron chi connectivity index (χ2n) is 6.86. The second kappa shape index (κ2) is 6.40. The molecule has 0 N–H and O–H groups in total. The van der Waals surface area contributed by atoms with Gasteiger partial charge in [-0.3, -0.25) is 14.7 Å². The quantitative estimate of drug-likeness (QED) is 0.870. The van der Waals surface area contributed by atoms with E-state index in [1.165, 1.54) is 0 Å². The maximum absolute atomic E-state index is 12.8. The van der Waals surface area contributed by atoms with E-state index >= 15 is 0 Å². The van der Waals surface area contributed by atoms with Crippen molar-refractivity contribution >= 4 is 5.91 Å². The number of amides is 1. The van der Waals surface area contributed by atoms with Gasteiger partial charge in [-0.2, -0.15) is 0 Å². The number of carbonyl (C=O) groups excluding carboxylic acids is 1. The lowest BCUT2D eigenvalue weighted by molar-refractivity contribution is 0.0330. The fourth-order valence-corrected chi connectivity index (χ4v) is 4.16. The third kappa shape index (κ3) is 2.84. The Balaban J connectivity index is 1.42. The van der Waals surface area contributed by atoms with Gasteiger partial charge in [-0.1, -0.05) is 6.07 Å². The third-order valence-electron chi connectivity index (χ3n) is 5.47. The molecule has 2 aromatic heterocycles. The number of piperidine rings is 1. The average molecular weight is 325 g/mol. The van der Waals surface area contributed by atoms with Gasteiger partial charge >= 0.3 is 0 Å². The fourth-order valence-electron chi connectivity index (χ4n) is 4.16. The molecule has 4 heterocycles. The molecular weight excluding hydrogens is 302 g/mol. The van der Waals surface area contributed by atoms with Gasteiger partial charge in [0.2, 0.25) is 0 Å². The van der Waals surface area contributed by atoms with Crippen LogP contribution in [0.15, 0.2) is 47.2 Å². The summed E-state index contributed by atoms with van der Waals surface area (Å²) in [7, 11) is 0. The Bertz CT molecular complexity index is 676. The highest BCUT2D eigenvalue weighted by Gasteiger charge is 2.46. The minimum atomic E-state index is 0.0183. The zero-order valence-electron chi connectivity index (χ0n) is 13.9. The van der Waals surface area contributed by atoms with Crippen molar-refractivity contribution in [2.45, 2.75) is 37.8 Å². The number of aromatic nitrogens is 1. The molecule has 2 aromatic rings. The Labute approximate surface area is 142 Å². The summed E-state index contributed by atoms with van der Waals surface area (Å²) < 4.78 is 5.33. The van der Waals surface area contributed by atoms with E-state index in [0.717, 1.165) is 57.6 Å². The highest BCUT2D eigenvalue weighted by Crippen LogP contribution is 2.39. The molecule has 0 aromatic carbocycles. The predicted molar refractivity (Wildman–Crippen MR) is 90.5 cm³/mol. The van der Waals surface area contributed by atoms with Crippen LogP contribution >= 0.6 is 0 Å². The van der Waals surface area contributed by atoms with E-state index in [1.54, 1.807) is 18.4 Å². The van der Waals surface area contributed by atoms with Gasteiger partial charge in [0.25, 0.3) is 5.91 Å². The van der Waals surface area contributed by atoms with Crippen LogP contribution in [-0.2, 0) is 6.54 Å². The summed E-state index contributed by atoms with van der Waals surface area (Å²) in [4.78, 5) is 21.7. The van der Waals surface area contributed by atoms with Gasteiger partial charge in [-0.05, 0) is 49.9 Å². The molecule has 5 nitrogen and oxygen atoms in total. The summed E-state index contributed by atoms with van der Waals surface area (Å²) in [6.07, 6.45) is 7.69. The number of likely N-dealkylation sites (tertiary alicyclic amines) is 2. The largest absolute Gasteiger partial charge is 0.459 e.